The Hall–Kier alpha value is -2.23. The van der Waals surface area contributed by atoms with E-state index in [0.717, 1.165) is 23.6 Å². The van der Waals surface area contributed by atoms with Crippen LogP contribution in [0.5, 0.6) is 0 Å². The van der Waals surface area contributed by atoms with Crippen LogP contribution in [0.3, 0.4) is 0 Å². The highest BCUT2D eigenvalue weighted by molar-refractivity contribution is 5.99. The van der Waals surface area contributed by atoms with Crippen LogP contribution in [-0.4, -0.2) is 19.0 Å². The van der Waals surface area contributed by atoms with Crippen LogP contribution in [0.15, 0.2) is 41.0 Å². The van der Waals surface area contributed by atoms with Gasteiger partial charge >= 0.3 is 0 Å². The molecule has 1 amide bonds. The monoisotopic (exact) mass is 272 g/mol. The van der Waals surface area contributed by atoms with Crippen molar-refractivity contribution < 1.29 is 9.21 Å². The molecule has 2 N–H and O–H groups in total. The first-order chi connectivity index (χ1) is 9.70. The first kappa shape index (κ1) is 14.2. The topological polar surface area (TPSA) is 54.3 Å². The Balaban J connectivity index is 1.99. The first-order valence-electron chi connectivity index (χ1n) is 6.86. The van der Waals surface area contributed by atoms with Crippen LogP contribution >= 0.6 is 0 Å². The predicted molar refractivity (Wildman–Crippen MR) is 80.1 cm³/mol. The van der Waals surface area contributed by atoms with Crippen LogP contribution < -0.4 is 10.6 Å². The molecule has 0 radical (unpaired) electrons. The van der Waals surface area contributed by atoms with Gasteiger partial charge in [0.2, 0.25) is 0 Å². The van der Waals surface area contributed by atoms with Crippen LogP contribution in [0.25, 0.3) is 0 Å². The molecule has 0 unspecified atom stereocenters. The van der Waals surface area contributed by atoms with Crippen molar-refractivity contribution in [2.75, 3.05) is 18.4 Å². The molecule has 0 atom stereocenters. The maximum atomic E-state index is 12.2. The number of carbonyl (C=O) groups is 1. The molecule has 0 aliphatic rings. The highest BCUT2D eigenvalue weighted by Crippen LogP contribution is 2.17. The van der Waals surface area contributed by atoms with Crippen LogP contribution in [0.1, 0.15) is 28.6 Å². The fraction of sp³-hybridized carbons (Fsp3) is 0.312. The third kappa shape index (κ3) is 3.63. The molecule has 0 spiro atoms. The minimum atomic E-state index is -0.0591. The SMILES string of the molecule is CCNc1ccc(C)cc1C(=O)NCCc1ccco1. The zero-order chi connectivity index (χ0) is 14.4. The van der Waals surface area contributed by atoms with Gasteiger partial charge in [-0.05, 0) is 38.1 Å². The highest BCUT2D eigenvalue weighted by Gasteiger charge is 2.11. The second-order valence-electron chi connectivity index (χ2n) is 4.66. The molecule has 0 fully saturated rings. The van der Waals surface area contributed by atoms with Crippen LogP contribution in [0.2, 0.25) is 0 Å². The largest absolute Gasteiger partial charge is 0.469 e. The average Bonchev–Trinajstić information content (AvgIpc) is 2.94. The molecule has 1 aromatic carbocycles. The Morgan fingerprint density at radius 2 is 2.15 bits per heavy atom. The number of carbonyl (C=O) groups excluding carboxylic acids is 1. The van der Waals surface area contributed by atoms with Crippen LogP contribution in [0, 0.1) is 6.92 Å². The Morgan fingerprint density at radius 1 is 1.30 bits per heavy atom. The summed E-state index contributed by atoms with van der Waals surface area (Å²) in [5.74, 6) is 0.817. The van der Waals surface area contributed by atoms with Gasteiger partial charge in [-0.2, -0.15) is 0 Å². The molecule has 2 rings (SSSR count). The molecule has 4 heteroatoms. The van der Waals surface area contributed by atoms with E-state index in [1.807, 2.05) is 44.2 Å². The van der Waals surface area contributed by atoms with E-state index in [0.29, 0.717) is 18.5 Å². The number of amides is 1. The fourth-order valence-corrected chi connectivity index (χ4v) is 2.04. The van der Waals surface area contributed by atoms with E-state index < -0.39 is 0 Å². The van der Waals surface area contributed by atoms with Gasteiger partial charge < -0.3 is 15.1 Å². The van der Waals surface area contributed by atoms with Gasteiger partial charge in [0.05, 0.1) is 11.8 Å². The molecular weight excluding hydrogens is 252 g/mol. The van der Waals surface area contributed by atoms with Crippen molar-refractivity contribution in [3.63, 3.8) is 0 Å². The molecule has 1 aromatic heterocycles. The number of hydrogen-bond donors (Lipinski definition) is 2. The molecule has 0 saturated carbocycles. The Bertz CT molecular complexity index is 562. The van der Waals surface area contributed by atoms with Crippen molar-refractivity contribution in [3.05, 3.63) is 53.5 Å². The van der Waals surface area contributed by atoms with Crippen molar-refractivity contribution in [3.8, 4) is 0 Å². The smallest absolute Gasteiger partial charge is 0.253 e. The van der Waals surface area contributed by atoms with Crippen LogP contribution in [0.4, 0.5) is 5.69 Å². The molecule has 106 valence electrons. The van der Waals surface area contributed by atoms with Gasteiger partial charge in [-0.1, -0.05) is 11.6 Å². The predicted octanol–water partition coefficient (Wildman–Crippen LogP) is 2.99. The summed E-state index contributed by atoms with van der Waals surface area (Å²) in [6.45, 7) is 5.34. The van der Waals surface area contributed by atoms with Crippen molar-refractivity contribution in [1.29, 1.82) is 0 Å². The number of hydrogen-bond acceptors (Lipinski definition) is 3. The quantitative estimate of drug-likeness (QED) is 0.850. The summed E-state index contributed by atoms with van der Waals surface area (Å²) in [5.41, 5.74) is 2.63. The minimum absolute atomic E-state index is 0.0591. The lowest BCUT2D eigenvalue weighted by Crippen LogP contribution is -2.26. The summed E-state index contributed by atoms with van der Waals surface area (Å²) in [6, 6.07) is 9.60. The minimum Gasteiger partial charge on any atom is -0.469 e. The Kier molecular flexibility index (Phi) is 4.82. The van der Waals surface area contributed by atoms with Crippen molar-refractivity contribution >= 4 is 11.6 Å². The highest BCUT2D eigenvalue weighted by atomic mass is 16.3. The van der Waals surface area contributed by atoms with Gasteiger partial charge in [-0.25, -0.2) is 0 Å². The van der Waals surface area contributed by atoms with E-state index in [9.17, 15) is 4.79 Å². The second-order valence-corrected chi connectivity index (χ2v) is 4.66. The maximum Gasteiger partial charge on any atom is 0.253 e. The van der Waals surface area contributed by atoms with Gasteiger partial charge in [0.15, 0.2) is 0 Å². The van der Waals surface area contributed by atoms with Crippen molar-refractivity contribution in [2.45, 2.75) is 20.3 Å². The van der Waals surface area contributed by atoms with Gasteiger partial charge in [-0.15, -0.1) is 0 Å². The van der Waals surface area contributed by atoms with E-state index >= 15 is 0 Å². The average molecular weight is 272 g/mol. The number of furan rings is 1. The normalized spacial score (nSPS) is 10.3. The molecule has 20 heavy (non-hydrogen) atoms. The molecule has 2 aromatic rings. The van der Waals surface area contributed by atoms with E-state index in [2.05, 4.69) is 10.6 Å². The number of benzene rings is 1. The van der Waals surface area contributed by atoms with Gasteiger partial charge in [0, 0.05) is 25.2 Å². The third-order valence-corrected chi connectivity index (χ3v) is 3.02. The lowest BCUT2D eigenvalue weighted by Gasteiger charge is -2.11. The van der Waals surface area contributed by atoms with Crippen LogP contribution in [-0.2, 0) is 6.42 Å². The first-order valence-corrected chi connectivity index (χ1v) is 6.86. The zero-order valence-corrected chi connectivity index (χ0v) is 11.9. The summed E-state index contributed by atoms with van der Waals surface area (Å²) in [5, 5.41) is 6.13. The lowest BCUT2D eigenvalue weighted by molar-refractivity contribution is 0.0954. The zero-order valence-electron chi connectivity index (χ0n) is 11.9. The van der Waals surface area contributed by atoms with E-state index in [4.69, 9.17) is 4.42 Å². The van der Waals surface area contributed by atoms with E-state index in [1.54, 1.807) is 6.26 Å². The Morgan fingerprint density at radius 3 is 2.85 bits per heavy atom. The van der Waals surface area contributed by atoms with E-state index in [-0.39, 0.29) is 5.91 Å². The second kappa shape index (κ2) is 6.80. The Labute approximate surface area is 119 Å². The number of anilines is 1. The summed E-state index contributed by atoms with van der Waals surface area (Å²) < 4.78 is 5.24. The lowest BCUT2D eigenvalue weighted by atomic mass is 10.1. The molecular formula is C16H20N2O2. The van der Waals surface area contributed by atoms with Crippen molar-refractivity contribution in [2.24, 2.45) is 0 Å². The van der Waals surface area contributed by atoms with Gasteiger partial charge in [0.25, 0.3) is 5.91 Å². The van der Waals surface area contributed by atoms with Gasteiger partial charge in [-0.3, -0.25) is 4.79 Å². The molecule has 0 aliphatic carbocycles. The van der Waals surface area contributed by atoms with Crippen molar-refractivity contribution in [1.82, 2.24) is 5.32 Å². The number of rotatable bonds is 6. The number of nitrogens with one attached hydrogen (secondary N) is 2. The number of aryl methyl sites for hydroxylation is 1. The van der Waals surface area contributed by atoms with Gasteiger partial charge in [0.1, 0.15) is 5.76 Å². The van der Waals surface area contributed by atoms with E-state index in [1.165, 1.54) is 0 Å². The standard InChI is InChI=1S/C16H20N2O2/c1-3-17-15-7-6-12(2)11-14(15)16(19)18-9-8-13-5-4-10-20-13/h4-7,10-11,17H,3,8-9H2,1-2H3,(H,18,19). The molecule has 0 bridgehead atoms. The molecule has 0 aliphatic heterocycles. The summed E-state index contributed by atoms with van der Waals surface area (Å²) in [4.78, 5) is 12.2. The summed E-state index contributed by atoms with van der Waals surface area (Å²) in [6.07, 6.45) is 2.34. The molecule has 4 nitrogen and oxygen atoms in total. The third-order valence-electron chi connectivity index (χ3n) is 3.02. The fourth-order valence-electron chi connectivity index (χ4n) is 2.04. The molecule has 1 heterocycles. The maximum absolute atomic E-state index is 12.2. The summed E-state index contributed by atoms with van der Waals surface area (Å²) >= 11 is 0. The summed E-state index contributed by atoms with van der Waals surface area (Å²) in [7, 11) is 0. The molecule has 0 saturated heterocycles.